The third kappa shape index (κ3) is 13.2. The summed E-state index contributed by atoms with van der Waals surface area (Å²) >= 11 is 0. The van der Waals surface area contributed by atoms with E-state index in [4.69, 9.17) is 14.2 Å². The standard InChI is InChI=1S/C52H81N5O10/c1-11-33(4)47(55(8)52(64)40(32(2)3)30-43(59)48-37-19-20-39(28-37)54(48)7)44(65-9)31-46(61)56-22-15-18-41(56)49(66-10)35(6)42(58)29-38(27-36-16-13-12-14-17-36)50(62)53-21-24-67-25-23-57-45(60)26-34(5)51(57)63/h12-14,16-17,32-35,37-41,44,47-49H,11,15,18-31H2,1-10H3,(H,53,62)/t33-,34?,35-,37-,38+,39+,40-,41-,44+,47-,48-,49+/m0/s1. The highest BCUT2D eigenvalue weighted by molar-refractivity contribution is 6.03. The highest BCUT2D eigenvalue weighted by Crippen LogP contribution is 2.43. The number of fused-ring (bicyclic) bond motifs is 2. The number of carbonyl (C=O) groups excluding carboxylic acids is 7. The van der Waals surface area contributed by atoms with Gasteiger partial charge in [-0.3, -0.25) is 43.4 Å². The summed E-state index contributed by atoms with van der Waals surface area (Å²) in [5, 5.41) is 2.92. The van der Waals surface area contributed by atoms with Crippen molar-refractivity contribution in [3.8, 4) is 0 Å². The molecule has 5 amide bonds. The number of hydrogen-bond acceptors (Lipinski definition) is 11. The number of likely N-dealkylation sites (N-methyl/N-ethyl adjacent to an activating group) is 2. The average molecular weight is 936 g/mol. The zero-order valence-corrected chi connectivity index (χ0v) is 42.1. The molecular weight excluding hydrogens is 855 g/mol. The third-order valence-electron chi connectivity index (χ3n) is 15.8. The van der Waals surface area contributed by atoms with Gasteiger partial charge in [-0.2, -0.15) is 0 Å². The molecule has 0 spiro atoms. The Hall–Kier alpha value is -4.05. The number of carbonyl (C=O) groups is 7. The number of hydrogen-bond donors (Lipinski definition) is 1. The van der Waals surface area contributed by atoms with E-state index in [1.807, 2.05) is 63.1 Å². The van der Waals surface area contributed by atoms with Crippen molar-refractivity contribution in [2.45, 2.75) is 149 Å². The van der Waals surface area contributed by atoms with Gasteiger partial charge in [0.05, 0.1) is 56.5 Å². The van der Waals surface area contributed by atoms with Crippen molar-refractivity contribution >= 4 is 41.1 Å². The van der Waals surface area contributed by atoms with Crippen molar-refractivity contribution in [2.24, 2.45) is 41.4 Å². The van der Waals surface area contributed by atoms with E-state index < -0.39 is 36.0 Å². The molecule has 1 saturated carbocycles. The van der Waals surface area contributed by atoms with Crippen LogP contribution in [0.1, 0.15) is 111 Å². The van der Waals surface area contributed by atoms with Gasteiger partial charge in [0.1, 0.15) is 5.78 Å². The average Bonchev–Trinajstić information content (AvgIpc) is 4.11. The second kappa shape index (κ2) is 25.0. The molecule has 12 atom stereocenters. The molecule has 1 aliphatic carbocycles. The highest BCUT2D eigenvalue weighted by atomic mass is 16.5. The summed E-state index contributed by atoms with van der Waals surface area (Å²) in [6.45, 7) is 12.8. The number of benzene rings is 1. The number of nitrogens with zero attached hydrogens (tertiary/aromatic N) is 4. The fourth-order valence-corrected chi connectivity index (χ4v) is 11.6. The smallest absolute Gasteiger partial charge is 0.232 e. The SMILES string of the molecule is CC[C@H](C)[C@@H]([C@@H](CC(=O)N1CCC[C@H]1[C@H](OC)[C@@H](C)C(=O)C[C@@H](Cc1ccccc1)C(=O)NCCOCCN1C(=O)CC(C)C1=O)OC)N(C)C(=O)[C@@H](CC(=O)[C@@H]1[C@H]2CC[C@H](C2)N1C)C(C)C. The summed E-state index contributed by atoms with van der Waals surface area (Å²) < 4.78 is 17.8. The first-order valence-electron chi connectivity index (χ1n) is 25.1. The fourth-order valence-electron chi connectivity index (χ4n) is 11.6. The van der Waals surface area contributed by atoms with Gasteiger partial charge in [-0.1, -0.05) is 78.3 Å². The van der Waals surface area contributed by atoms with Gasteiger partial charge in [0.2, 0.25) is 29.5 Å². The molecule has 4 fully saturated rings. The minimum atomic E-state index is -0.676. The van der Waals surface area contributed by atoms with Gasteiger partial charge in [0, 0.05) is 83.3 Å². The Bertz CT molecular complexity index is 1860. The van der Waals surface area contributed by atoms with E-state index in [0.29, 0.717) is 31.3 Å². The van der Waals surface area contributed by atoms with E-state index in [0.717, 1.165) is 37.7 Å². The zero-order valence-electron chi connectivity index (χ0n) is 42.1. The first kappa shape index (κ1) is 53.9. The minimum Gasteiger partial charge on any atom is -0.379 e. The number of likely N-dealkylation sites (tertiary alicyclic amines) is 3. The van der Waals surface area contributed by atoms with E-state index >= 15 is 0 Å². The molecule has 15 nitrogen and oxygen atoms in total. The monoisotopic (exact) mass is 936 g/mol. The van der Waals surface area contributed by atoms with Gasteiger partial charge in [-0.05, 0) is 68.9 Å². The van der Waals surface area contributed by atoms with Crippen LogP contribution < -0.4 is 5.32 Å². The molecule has 3 aliphatic heterocycles. The molecule has 4 aliphatic rings. The summed E-state index contributed by atoms with van der Waals surface area (Å²) in [4.78, 5) is 102. The first-order chi connectivity index (χ1) is 31.9. The fraction of sp³-hybridized carbons (Fsp3) is 0.750. The number of Topliss-reactive ketones (excluding diaryl/α,β-unsaturated/α-hetero) is 2. The molecule has 1 N–H and O–H groups in total. The predicted molar refractivity (Wildman–Crippen MR) is 254 cm³/mol. The normalized spacial score (nSPS) is 25.0. The molecule has 3 saturated heterocycles. The van der Waals surface area contributed by atoms with Crippen LogP contribution in [0.4, 0.5) is 0 Å². The van der Waals surface area contributed by atoms with Crippen molar-refractivity contribution in [3.05, 3.63) is 35.9 Å². The topological polar surface area (TPSA) is 172 Å². The Kier molecular flexibility index (Phi) is 20.1. The lowest BCUT2D eigenvalue weighted by molar-refractivity contribution is -0.149. The van der Waals surface area contributed by atoms with Gasteiger partial charge in [-0.25, -0.2) is 0 Å². The number of nitrogens with one attached hydrogen (secondary N) is 1. The maximum Gasteiger partial charge on any atom is 0.232 e. The largest absolute Gasteiger partial charge is 0.379 e. The lowest BCUT2D eigenvalue weighted by Crippen LogP contribution is -2.54. The molecule has 1 unspecified atom stereocenters. The number of imide groups is 1. The number of amides is 5. The number of methoxy groups -OCH3 is 2. The Balaban J connectivity index is 1.21. The summed E-state index contributed by atoms with van der Waals surface area (Å²) in [6, 6.07) is 9.03. The van der Waals surface area contributed by atoms with Crippen LogP contribution in [-0.2, 0) is 54.2 Å². The Morgan fingerprint density at radius 1 is 0.925 bits per heavy atom. The van der Waals surface area contributed by atoms with Crippen LogP contribution in [0.3, 0.4) is 0 Å². The van der Waals surface area contributed by atoms with Gasteiger partial charge in [0.25, 0.3) is 0 Å². The van der Waals surface area contributed by atoms with Crippen LogP contribution in [0.25, 0.3) is 0 Å². The Morgan fingerprint density at radius 3 is 2.24 bits per heavy atom. The van der Waals surface area contributed by atoms with Gasteiger partial charge in [-0.15, -0.1) is 0 Å². The third-order valence-corrected chi connectivity index (χ3v) is 15.8. The molecule has 5 rings (SSSR count). The molecular formula is C52H81N5O10. The van der Waals surface area contributed by atoms with E-state index in [1.54, 1.807) is 33.1 Å². The van der Waals surface area contributed by atoms with E-state index in [-0.39, 0.29) is 123 Å². The minimum absolute atomic E-state index is 0.0121. The van der Waals surface area contributed by atoms with E-state index in [1.165, 1.54) is 4.90 Å². The molecule has 15 heteroatoms. The number of ketones is 2. The van der Waals surface area contributed by atoms with Crippen LogP contribution in [0.5, 0.6) is 0 Å². The summed E-state index contributed by atoms with van der Waals surface area (Å²) in [5.41, 5.74) is 0.914. The van der Waals surface area contributed by atoms with Crippen molar-refractivity contribution in [3.63, 3.8) is 0 Å². The number of ether oxygens (including phenoxy) is 3. The molecule has 2 bridgehead atoms. The maximum atomic E-state index is 14.5. The van der Waals surface area contributed by atoms with Crippen molar-refractivity contribution in [1.29, 1.82) is 0 Å². The Morgan fingerprint density at radius 2 is 1.64 bits per heavy atom. The summed E-state index contributed by atoms with van der Waals surface area (Å²) in [6.07, 6.45) is 4.83. The van der Waals surface area contributed by atoms with Crippen LogP contribution in [-0.4, -0.2) is 158 Å². The molecule has 1 aromatic rings. The van der Waals surface area contributed by atoms with E-state index in [9.17, 15) is 33.6 Å². The molecule has 1 aromatic carbocycles. The second-order valence-electron chi connectivity index (χ2n) is 20.4. The van der Waals surface area contributed by atoms with Crippen LogP contribution in [0, 0.1) is 41.4 Å². The van der Waals surface area contributed by atoms with Gasteiger partial charge in [0.15, 0.2) is 5.78 Å². The van der Waals surface area contributed by atoms with E-state index in [2.05, 4.69) is 24.1 Å². The summed E-state index contributed by atoms with van der Waals surface area (Å²) in [5.74, 6) is -2.79. The molecule has 374 valence electrons. The van der Waals surface area contributed by atoms with Crippen molar-refractivity contribution < 1.29 is 47.8 Å². The maximum absolute atomic E-state index is 14.5. The number of rotatable bonds is 27. The van der Waals surface area contributed by atoms with Crippen molar-refractivity contribution in [1.82, 2.24) is 24.9 Å². The predicted octanol–water partition coefficient (Wildman–Crippen LogP) is 4.97. The van der Waals surface area contributed by atoms with Crippen LogP contribution in [0.2, 0.25) is 0 Å². The van der Waals surface area contributed by atoms with Crippen LogP contribution in [0.15, 0.2) is 30.3 Å². The lowest BCUT2D eigenvalue weighted by atomic mass is 9.83. The highest BCUT2D eigenvalue weighted by Gasteiger charge is 2.49. The van der Waals surface area contributed by atoms with Gasteiger partial charge < -0.3 is 29.3 Å². The Labute approximate surface area is 399 Å². The molecule has 3 heterocycles. The summed E-state index contributed by atoms with van der Waals surface area (Å²) in [7, 11) is 6.97. The van der Waals surface area contributed by atoms with Gasteiger partial charge >= 0.3 is 0 Å². The first-order valence-corrected chi connectivity index (χ1v) is 25.1. The molecule has 0 aromatic heterocycles. The second-order valence-corrected chi connectivity index (χ2v) is 20.4. The van der Waals surface area contributed by atoms with Crippen LogP contribution >= 0.6 is 0 Å². The van der Waals surface area contributed by atoms with Crippen molar-refractivity contribution in [2.75, 3.05) is 61.2 Å². The lowest BCUT2D eigenvalue weighted by Gasteiger charge is -2.41. The molecule has 67 heavy (non-hydrogen) atoms. The molecule has 0 radical (unpaired) electrons. The zero-order chi connectivity index (χ0) is 49.1. The number of piperidine rings is 1. The quantitative estimate of drug-likeness (QED) is 0.0934.